The summed E-state index contributed by atoms with van der Waals surface area (Å²) in [7, 11) is 0. The molecule has 0 bridgehead atoms. The number of rotatable bonds is 2. The predicted octanol–water partition coefficient (Wildman–Crippen LogP) is 2.26. The Morgan fingerprint density at radius 1 is 1.39 bits per heavy atom. The quantitative estimate of drug-likeness (QED) is 0.866. The zero-order valence-corrected chi connectivity index (χ0v) is 10.8. The minimum Gasteiger partial charge on any atom is -0.332 e. The summed E-state index contributed by atoms with van der Waals surface area (Å²) < 4.78 is 0. The molecule has 0 atom stereocenters. The molecule has 94 valence electrons. The second-order valence-corrected chi connectivity index (χ2v) is 5.03. The maximum atomic E-state index is 12.1. The molecule has 1 amide bonds. The van der Waals surface area contributed by atoms with E-state index in [4.69, 9.17) is 0 Å². The molecule has 0 aromatic carbocycles. The van der Waals surface area contributed by atoms with E-state index < -0.39 is 5.54 Å². The standard InChI is InChI=1S/C14H17N3O/c1-10-7-11(2)16-12(8-10)13(18)17-14(9-15)5-3-4-6-14/h7-8H,3-6H2,1-2H3,(H,17,18). The third-order valence-corrected chi connectivity index (χ3v) is 3.35. The monoisotopic (exact) mass is 243 g/mol. The molecule has 1 fully saturated rings. The number of carbonyl (C=O) groups is 1. The van der Waals surface area contributed by atoms with Crippen molar-refractivity contribution < 1.29 is 4.79 Å². The molecular weight excluding hydrogens is 226 g/mol. The lowest BCUT2D eigenvalue weighted by Crippen LogP contribution is -2.45. The number of nitrogens with zero attached hydrogens (tertiary/aromatic N) is 2. The van der Waals surface area contributed by atoms with Gasteiger partial charge in [0, 0.05) is 5.69 Å². The minimum atomic E-state index is -0.684. The van der Waals surface area contributed by atoms with Gasteiger partial charge < -0.3 is 5.32 Å². The van der Waals surface area contributed by atoms with Crippen LogP contribution in [0.4, 0.5) is 0 Å². The molecule has 1 aromatic heterocycles. The summed E-state index contributed by atoms with van der Waals surface area (Å²) in [6, 6.07) is 5.92. The van der Waals surface area contributed by atoms with Gasteiger partial charge in [-0.25, -0.2) is 4.98 Å². The zero-order chi connectivity index (χ0) is 13.2. The van der Waals surface area contributed by atoms with Crippen LogP contribution < -0.4 is 5.32 Å². The number of amides is 1. The number of nitrogens with one attached hydrogen (secondary N) is 1. The van der Waals surface area contributed by atoms with E-state index in [1.165, 1.54) is 0 Å². The number of aromatic nitrogens is 1. The number of aryl methyl sites for hydroxylation is 2. The van der Waals surface area contributed by atoms with E-state index in [-0.39, 0.29) is 5.91 Å². The highest BCUT2D eigenvalue weighted by molar-refractivity contribution is 5.93. The van der Waals surface area contributed by atoms with Crippen LogP contribution in [0.2, 0.25) is 0 Å². The molecule has 4 nitrogen and oxygen atoms in total. The first-order chi connectivity index (χ1) is 8.54. The molecule has 1 aromatic rings. The van der Waals surface area contributed by atoms with Gasteiger partial charge in [-0.1, -0.05) is 0 Å². The smallest absolute Gasteiger partial charge is 0.271 e. The van der Waals surface area contributed by atoms with Crippen molar-refractivity contribution in [1.82, 2.24) is 10.3 Å². The summed E-state index contributed by atoms with van der Waals surface area (Å²) in [5.41, 5.74) is 1.54. The summed E-state index contributed by atoms with van der Waals surface area (Å²) in [6.07, 6.45) is 3.46. The molecule has 0 unspecified atom stereocenters. The van der Waals surface area contributed by atoms with Gasteiger partial charge in [0.05, 0.1) is 6.07 Å². The lowest BCUT2D eigenvalue weighted by atomic mass is 9.99. The van der Waals surface area contributed by atoms with Gasteiger partial charge in [-0.05, 0) is 57.2 Å². The third kappa shape index (κ3) is 2.51. The van der Waals surface area contributed by atoms with Crippen molar-refractivity contribution in [2.45, 2.75) is 45.1 Å². The largest absolute Gasteiger partial charge is 0.332 e. The molecule has 0 saturated heterocycles. The lowest BCUT2D eigenvalue weighted by molar-refractivity contribution is 0.0915. The van der Waals surface area contributed by atoms with Crippen molar-refractivity contribution in [3.63, 3.8) is 0 Å². The lowest BCUT2D eigenvalue weighted by Gasteiger charge is -2.21. The maximum absolute atomic E-state index is 12.1. The highest BCUT2D eigenvalue weighted by Gasteiger charge is 2.35. The van der Waals surface area contributed by atoms with Crippen LogP contribution in [0.15, 0.2) is 12.1 Å². The van der Waals surface area contributed by atoms with Gasteiger partial charge >= 0.3 is 0 Å². The van der Waals surface area contributed by atoms with Crippen LogP contribution in [0.5, 0.6) is 0 Å². The van der Waals surface area contributed by atoms with Crippen LogP contribution in [0.1, 0.15) is 47.4 Å². The predicted molar refractivity (Wildman–Crippen MR) is 68.0 cm³/mol. The van der Waals surface area contributed by atoms with E-state index in [0.29, 0.717) is 5.69 Å². The molecule has 1 aliphatic carbocycles. The van der Waals surface area contributed by atoms with Crippen molar-refractivity contribution in [2.75, 3.05) is 0 Å². The number of pyridine rings is 1. The highest BCUT2D eigenvalue weighted by Crippen LogP contribution is 2.29. The van der Waals surface area contributed by atoms with E-state index in [2.05, 4.69) is 16.4 Å². The van der Waals surface area contributed by atoms with Gasteiger partial charge in [-0.3, -0.25) is 4.79 Å². The molecule has 1 heterocycles. The Labute approximate surface area is 107 Å². The average Bonchev–Trinajstić information content (AvgIpc) is 2.77. The maximum Gasteiger partial charge on any atom is 0.271 e. The molecular formula is C14H17N3O. The molecule has 1 N–H and O–H groups in total. The second-order valence-electron chi connectivity index (χ2n) is 5.03. The third-order valence-electron chi connectivity index (χ3n) is 3.35. The topological polar surface area (TPSA) is 65.8 Å². The van der Waals surface area contributed by atoms with Crippen LogP contribution in [0.25, 0.3) is 0 Å². The van der Waals surface area contributed by atoms with Crippen molar-refractivity contribution in [3.05, 3.63) is 29.1 Å². The first-order valence-corrected chi connectivity index (χ1v) is 6.24. The Morgan fingerprint density at radius 3 is 2.61 bits per heavy atom. The van der Waals surface area contributed by atoms with Crippen molar-refractivity contribution in [2.24, 2.45) is 0 Å². The first-order valence-electron chi connectivity index (χ1n) is 6.24. The van der Waals surface area contributed by atoms with E-state index >= 15 is 0 Å². The summed E-state index contributed by atoms with van der Waals surface area (Å²) in [6.45, 7) is 3.79. The van der Waals surface area contributed by atoms with Crippen LogP contribution in [0.3, 0.4) is 0 Å². The molecule has 18 heavy (non-hydrogen) atoms. The van der Waals surface area contributed by atoms with E-state index in [1.54, 1.807) is 6.07 Å². The SMILES string of the molecule is Cc1cc(C)nc(C(=O)NC2(C#N)CCCC2)c1. The summed E-state index contributed by atoms with van der Waals surface area (Å²) in [4.78, 5) is 16.4. The zero-order valence-electron chi connectivity index (χ0n) is 10.8. The van der Waals surface area contributed by atoms with Gasteiger partial charge in [0.1, 0.15) is 11.2 Å². The van der Waals surface area contributed by atoms with Gasteiger partial charge in [-0.2, -0.15) is 5.26 Å². The van der Waals surface area contributed by atoms with Crippen molar-refractivity contribution in [1.29, 1.82) is 5.26 Å². The Bertz CT molecular complexity index is 490. The molecule has 1 saturated carbocycles. The van der Waals surface area contributed by atoms with Crippen LogP contribution >= 0.6 is 0 Å². The number of hydrogen-bond acceptors (Lipinski definition) is 3. The fourth-order valence-electron chi connectivity index (χ4n) is 2.48. The molecule has 0 spiro atoms. The molecule has 2 rings (SSSR count). The fraction of sp³-hybridized carbons (Fsp3) is 0.500. The van der Waals surface area contributed by atoms with E-state index in [9.17, 15) is 10.1 Å². The summed E-state index contributed by atoms with van der Waals surface area (Å²) in [5.74, 6) is -0.245. The van der Waals surface area contributed by atoms with Gasteiger partial charge in [-0.15, -0.1) is 0 Å². The van der Waals surface area contributed by atoms with Crippen LogP contribution in [0, 0.1) is 25.2 Å². The van der Waals surface area contributed by atoms with Crippen molar-refractivity contribution >= 4 is 5.91 Å². The summed E-state index contributed by atoms with van der Waals surface area (Å²) in [5, 5.41) is 12.1. The Kier molecular flexibility index (Phi) is 3.33. The van der Waals surface area contributed by atoms with Crippen LogP contribution in [-0.2, 0) is 0 Å². The number of hydrogen-bond donors (Lipinski definition) is 1. The normalized spacial score (nSPS) is 17.2. The first kappa shape index (κ1) is 12.6. The van der Waals surface area contributed by atoms with Gasteiger partial charge in [0.15, 0.2) is 0 Å². The molecule has 0 aliphatic heterocycles. The van der Waals surface area contributed by atoms with E-state index in [0.717, 1.165) is 36.9 Å². The Hall–Kier alpha value is -1.89. The Balaban J connectivity index is 2.19. The van der Waals surface area contributed by atoms with Gasteiger partial charge in [0.25, 0.3) is 5.91 Å². The average molecular weight is 243 g/mol. The molecule has 0 radical (unpaired) electrons. The second kappa shape index (κ2) is 4.77. The molecule has 4 heteroatoms. The van der Waals surface area contributed by atoms with E-state index in [1.807, 2.05) is 19.9 Å². The molecule has 1 aliphatic rings. The highest BCUT2D eigenvalue weighted by atomic mass is 16.2. The van der Waals surface area contributed by atoms with Crippen molar-refractivity contribution in [3.8, 4) is 6.07 Å². The number of nitriles is 1. The fourth-order valence-corrected chi connectivity index (χ4v) is 2.48. The van der Waals surface area contributed by atoms with Crippen LogP contribution in [-0.4, -0.2) is 16.4 Å². The number of carbonyl (C=O) groups excluding carboxylic acids is 1. The summed E-state index contributed by atoms with van der Waals surface area (Å²) >= 11 is 0. The minimum absolute atomic E-state index is 0.245. The van der Waals surface area contributed by atoms with Gasteiger partial charge in [0.2, 0.25) is 0 Å². The Morgan fingerprint density at radius 2 is 2.06 bits per heavy atom.